The molecular formula is C14H15BrN2O3S. The van der Waals surface area contributed by atoms with Crippen LogP contribution in [0.25, 0.3) is 0 Å². The molecule has 5 nitrogen and oxygen atoms in total. The minimum absolute atomic E-state index is 0.147. The molecule has 0 radical (unpaired) electrons. The summed E-state index contributed by atoms with van der Waals surface area (Å²) in [4.78, 5) is 3.99. The van der Waals surface area contributed by atoms with Gasteiger partial charge in [0, 0.05) is 18.5 Å². The molecule has 0 aliphatic rings. The van der Waals surface area contributed by atoms with Crippen LogP contribution < -0.4 is 9.46 Å². The number of ether oxygens (including phenoxy) is 1. The number of halogens is 1. The second kappa shape index (κ2) is 6.91. The second-order valence-electron chi connectivity index (χ2n) is 4.28. The third-order valence-electron chi connectivity index (χ3n) is 2.61. The van der Waals surface area contributed by atoms with Crippen molar-refractivity contribution in [1.29, 1.82) is 0 Å². The van der Waals surface area contributed by atoms with Gasteiger partial charge in [-0.1, -0.05) is 6.92 Å². The van der Waals surface area contributed by atoms with E-state index in [2.05, 4.69) is 25.6 Å². The van der Waals surface area contributed by atoms with Gasteiger partial charge in [0.1, 0.15) is 5.75 Å². The van der Waals surface area contributed by atoms with Gasteiger partial charge in [0.2, 0.25) is 0 Å². The summed E-state index contributed by atoms with van der Waals surface area (Å²) in [7, 11) is -3.66. The van der Waals surface area contributed by atoms with Crippen LogP contribution in [-0.2, 0) is 10.0 Å². The Balaban J connectivity index is 2.27. The van der Waals surface area contributed by atoms with Gasteiger partial charge in [0.05, 0.1) is 21.7 Å². The van der Waals surface area contributed by atoms with E-state index in [1.54, 1.807) is 18.2 Å². The minimum Gasteiger partial charge on any atom is -0.492 e. The van der Waals surface area contributed by atoms with Crippen LogP contribution in [0, 0.1) is 0 Å². The molecule has 7 heteroatoms. The minimum atomic E-state index is -3.66. The third kappa shape index (κ3) is 4.18. The summed E-state index contributed by atoms with van der Waals surface area (Å²) >= 11 is 3.35. The lowest BCUT2D eigenvalue weighted by Crippen LogP contribution is -2.13. The van der Waals surface area contributed by atoms with Gasteiger partial charge in [0.15, 0.2) is 0 Å². The Labute approximate surface area is 132 Å². The molecule has 0 atom stereocenters. The molecule has 0 saturated heterocycles. The molecule has 21 heavy (non-hydrogen) atoms. The smallest absolute Gasteiger partial charge is 0.262 e. The van der Waals surface area contributed by atoms with Crippen molar-refractivity contribution in [2.75, 3.05) is 11.3 Å². The van der Waals surface area contributed by atoms with E-state index in [0.717, 1.165) is 10.9 Å². The highest BCUT2D eigenvalue weighted by molar-refractivity contribution is 9.10. The Morgan fingerprint density at radius 1 is 1.24 bits per heavy atom. The number of benzene rings is 1. The van der Waals surface area contributed by atoms with E-state index in [1.165, 1.54) is 24.5 Å². The molecule has 1 aromatic carbocycles. The molecule has 0 aliphatic carbocycles. The van der Waals surface area contributed by atoms with E-state index in [1.807, 2.05) is 6.92 Å². The molecule has 1 heterocycles. The molecule has 0 fully saturated rings. The Morgan fingerprint density at radius 3 is 2.62 bits per heavy atom. The van der Waals surface area contributed by atoms with Crippen molar-refractivity contribution < 1.29 is 13.2 Å². The molecule has 0 unspecified atom stereocenters. The van der Waals surface area contributed by atoms with Crippen LogP contribution >= 0.6 is 15.9 Å². The number of nitrogens with one attached hydrogen (secondary N) is 1. The maximum Gasteiger partial charge on any atom is 0.262 e. The first kappa shape index (κ1) is 15.8. The molecule has 0 bridgehead atoms. The summed E-state index contributed by atoms with van der Waals surface area (Å²) in [6, 6.07) is 7.86. The lowest BCUT2D eigenvalue weighted by molar-refractivity contribution is 0.314. The fourth-order valence-electron chi connectivity index (χ4n) is 1.61. The molecule has 0 amide bonds. The van der Waals surface area contributed by atoms with Gasteiger partial charge in [-0.15, -0.1) is 0 Å². The molecule has 0 spiro atoms. The molecule has 2 aromatic rings. The summed E-state index contributed by atoms with van der Waals surface area (Å²) in [5.41, 5.74) is 0.462. The van der Waals surface area contributed by atoms with E-state index in [-0.39, 0.29) is 4.90 Å². The SMILES string of the molecule is CCCOc1cc(S(=O)(=O)Nc2ccncc2)ccc1Br. The highest BCUT2D eigenvalue weighted by Crippen LogP contribution is 2.28. The fraction of sp³-hybridized carbons (Fsp3) is 0.214. The van der Waals surface area contributed by atoms with Crippen molar-refractivity contribution in [2.24, 2.45) is 0 Å². The highest BCUT2D eigenvalue weighted by Gasteiger charge is 2.16. The monoisotopic (exact) mass is 370 g/mol. The molecular weight excluding hydrogens is 356 g/mol. The number of pyridine rings is 1. The van der Waals surface area contributed by atoms with Crippen molar-refractivity contribution in [2.45, 2.75) is 18.2 Å². The highest BCUT2D eigenvalue weighted by atomic mass is 79.9. The van der Waals surface area contributed by atoms with Gasteiger partial charge in [-0.25, -0.2) is 8.42 Å². The Kier molecular flexibility index (Phi) is 5.19. The number of rotatable bonds is 6. The van der Waals surface area contributed by atoms with Crippen LogP contribution in [0.4, 0.5) is 5.69 Å². The lowest BCUT2D eigenvalue weighted by atomic mass is 10.3. The largest absolute Gasteiger partial charge is 0.492 e. The van der Waals surface area contributed by atoms with Crippen molar-refractivity contribution in [3.8, 4) is 5.75 Å². The molecule has 2 rings (SSSR count). The maximum absolute atomic E-state index is 12.3. The van der Waals surface area contributed by atoms with E-state index in [4.69, 9.17) is 4.74 Å². The van der Waals surface area contributed by atoms with Crippen LogP contribution in [0.3, 0.4) is 0 Å². The van der Waals surface area contributed by atoms with Crippen molar-refractivity contribution in [3.63, 3.8) is 0 Å². The summed E-state index contributed by atoms with van der Waals surface area (Å²) in [5, 5.41) is 0. The number of aromatic nitrogens is 1. The number of anilines is 1. The molecule has 1 N–H and O–H groups in total. The average Bonchev–Trinajstić information content (AvgIpc) is 2.47. The van der Waals surface area contributed by atoms with Gasteiger partial charge >= 0.3 is 0 Å². The standard InChI is InChI=1S/C14H15BrN2O3S/c1-2-9-20-14-10-12(3-4-13(14)15)21(18,19)17-11-5-7-16-8-6-11/h3-8,10H,2,9H2,1H3,(H,16,17). The molecule has 0 aliphatic heterocycles. The quantitative estimate of drug-likeness (QED) is 0.845. The third-order valence-corrected chi connectivity index (χ3v) is 4.64. The normalized spacial score (nSPS) is 11.1. The van der Waals surface area contributed by atoms with Crippen molar-refractivity contribution in [1.82, 2.24) is 4.98 Å². The molecule has 1 aromatic heterocycles. The zero-order chi connectivity index (χ0) is 15.3. The van der Waals surface area contributed by atoms with E-state index >= 15 is 0 Å². The predicted octanol–water partition coefficient (Wildman–Crippen LogP) is 3.43. The topological polar surface area (TPSA) is 68.3 Å². The average molecular weight is 371 g/mol. The van der Waals surface area contributed by atoms with Crippen molar-refractivity contribution >= 4 is 31.6 Å². The molecule has 112 valence electrons. The summed E-state index contributed by atoms with van der Waals surface area (Å²) in [6.45, 7) is 2.51. The van der Waals surface area contributed by atoms with E-state index in [9.17, 15) is 8.42 Å². The number of hydrogen-bond donors (Lipinski definition) is 1. The number of nitrogens with zero attached hydrogens (tertiary/aromatic N) is 1. The Bertz CT molecular complexity index is 705. The zero-order valence-corrected chi connectivity index (χ0v) is 13.8. The lowest BCUT2D eigenvalue weighted by Gasteiger charge is -2.11. The van der Waals surface area contributed by atoms with Crippen LogP contribution in [0.15, 0.2) is 52.1 Å². The number of hydrogen-bond acceptors (Lipinski definition) is 4. The van der Waals surface area contributed by atoms with Crippen LogP contribution in [0.1, 0.15) is 13.3 Å². The zero-order valence-electron chi connectivity index (χ0n) is 11.4. The summed E-state index contributed by atoms with van der Waals surface area (Å²) in [5.74, 6) is 0.509. The van der Waals surface area contributed by atoms with Gasteiger partial charge in [-0.2, -0.15) is 0 Å². The summed E-state index contributed by atoms with van der Waals surface area (Å²) in [6.07, 6.45) is 3.89. The Morgan fingerprint density at radius 2 is 1.95 bits per heavy atom. The van der Waals surface area contributed by atoms with Crippen molar-refractivity contribution in [3.05, 3.63) is 47.2 Å². The first-order chi connectivity index (χ1) is 10.0. The maximum atomic E-state index is 12.3. The van der Waals surface area contributed by atoms with Crippen LogP contribution in [-0.4, -0.2) is 20.0 Å². The van der Waals surface area contributed by atoms with Crippen LogP contribution in [0.2, 0.25) is 0 Å². The van der Waals surface area contributed by atoms with E-state index in [0.29, 0.717) is 18.0 Å². The molecule has 0 saturated carbocycles. The first-order valence-corrected chi connectivity index (χ1v) is 8.66. The van der Waals surface area contributed by atoms with Crippen LogP contribution in [0.5, 0.6) is 5.75 Å². The van der Waals surface area contributed by atoms with Gasteiger partial charge in [-0.3, -0.25) is 9.71 Å². The van der Waals surface area contributed by atoms with Gasteiger partial charge in [0.25, 0.3) is 10.0 Å². The van der Waals surface area contributed by atoms with E-state index < -0.39 is 10.0 Å². The summed E-state index contributed by atoms with van der Waals surface area (Å²) < 4.78 is 33.4. The Hall–Kier alpha value is -1.60. The second-order valence-corrected chi connectivity index (χ2v) is 6.82. The van der Waals surface area contributed by atoms with Gasteiger partial charge < -0.3 is 4.74 Å². The first-order valence-electron chi connectivity index (χ1n) is 6.38. The fourth-order valence-corrected chi connectivity index (χ4v) is 3.04. The van der Waals surface area contributed by atoms with Gasteiger partial charge in [-0.05, 0) is 46.6 Å². The predicted molar refractivity (Wildman–Crippen MR) is 85.0 cm³/mol. The number of sulfonamides is 1.